The molecular weight excluding hydrogens is 326 g/mol. The Labute approximate surface area is 154 Å². The van der Waals surface area contributed by atoms with E-state index in [4.69, 9.17) is 0 Å². The minimum Gasteiger partial charge on any atom is -0.382 e. The van der Waals surface area contributed by atoms with Crippen LogP contribution >= 0.6 is 0 Å². The Morgan fingerprint density at radius 1 is 1.00 bits per heavy atom. The highest BCUT2D eigenvalue weighted by molar-refractivity contribution is 5.57. The molecule has 136 valence electrons. The van der Waals surface area contributed by atoms with Gasteiger partial charge in [0.25, 0.3) is 5.69 Å². The maximum atomic E-state index is 10.8. The van der Waals surface area contributed by atoms with Crippen LogP contribution in [0.15, 0.2) is 42.5 Å². The van der Waals surface area contributed by atoms with Crippen molar-refractivity contribution in [3.63, 3.8) is 0 Å². The average molecular weight is 351 g/mol. The summed E-state index contributed by atoms with van der Waals surface area (Å²) in [5.74, 6) is 0. The van der Waals surface area contributed by atoms with Gasteiger partial charge in [-0.05, 0) is 67.9 Å². The first kappa shape index (κ1) is 16.9. The molecule has 0 aromatic heterocycles. The first-order valence-corrected chi connectivity index (χ1v) is 9.57. The number of piperidine rings is 1. The molecule has 5 nitrogen and oxygen atoms in total. The Bertz CT molecular complexity index is 780. The van der Waals surface area contributed by atoms with Crippen molar-refractivity contribution in [1.29, 1.82) is 0 Å². The lowest BCUT2D eigenvalue weighted by atomic mass is 9.90. The molecule has 2 aromatic carbocycles. The number of hydrogen-bond donors (Lipinski definition) is 1. The fourth-order valence-corrected chi connectivity index (χ4v) is 4.20. The smallest absolute Gasteiger partial charge is 0.269 e. The number of nitro benzene ring substituents is 1. The van der Waals surface area contributed by atoms with Crippen LogP contribution in [0, 0.1) is 10.1 Å². The van der Waals surface area contributed by atoms with Crippen LogP contribution in [0.25, 0.3) is 0 Å². The van der Waals surface area contributed by atoms with Crippen molar-refractivity contribution in [2.45, 2.75) is 44.6 Å². The van der Waals surface area contributed by atoms with E-state index in [2.05, 4.69) is 28.4 Å². The van der Waals surface area contributed by atoms with Gasteiger partial charge < -0.3 is 10.2 Å². The van der Waals surface area contributed by atoms with Crippen LogP contribution in [0.1, 0.15) is 36.8 Å². The number of rotatable bonds is 4. The number of non-ortho nitro benzene ring substituents is 1. The summed E-state index contributed by atoms with van der Waals surface area (Å²) in [4.78, 5) is 12.8. The topological polar surface area (TPSA) is 58.4 Å². The van der Waals surface area contributed by atoms with Crippen LogP contribution in [0.2, 0.25) is 0 Å². The van der Waals surface area contributed by atoms with Crippen LogP contribution in [0.4, 0.5) is 17.1 Å². The van der Waals surface area contributed by atoms with Gasteiger partial charge in [0.2, 0.25) is 0 Å². The second-order valence-electron chi connectivity index (χ2n) is 7.33. The molecule has 0 radical (unpaired) electrons. The molecule has 0 saturated carbocycles. The normalized spacial score (nSPS) is 17.6. The van der Waals surface area contributed by atoms with Crippen LogP contribution in [0.3, 0.4) is 0 Å². The maximum absolute atomic E-state index is 10.8. The molecule has 1 aliphatic carbocycles. The number of nitro groups is 1. The first-order chi connectivity index (χ1) is 12.7. The number of nitrogens with one attached hydrogen (secondary N) is 1. The molecule has 2 aliphatic rings. The van der Waals surface area contributed by atoms with Gasteiger partial charge in [0.15, 0.2) is 0 Å². The van der Waals surface area contributed by atoms with Crippen molar-refractivity contribution in [3.8, 4) is 0 Å². The highest BCUT2D eigenvalue weighted by Gasteiger charge is 2.21. The Morgan fingerprint density at radius 2 is 1.73 bits per heavy atom. The number of hydrogen-bond acceptors (Lipinski definition) is 4. The monoisotopic (exact) mass is 351 g/mol. The summed E-state index contributed by atoms with van der Waals surface area (Å²) in [6.07, 6.45) is 7.18. The second kappa shape index (κ2) is 7.36. The molecule has 4 rings (SSSR count). The lowest BCUT2D eigenvalue weighted by Gasteiger charge is -2.35. The number of aryl methyl sites for hydroxylation is 1. The molecule has 1 aliphatic heterocycles. The van der Waals surface area contributed by atoms with E-state index in [1.165, 1.54) is 42.5 Å². The molecule has 26 heavy (non-hydrogen) atoms. The van der Waals surface area contributed by atoms with Gasteiger partial charge in [0.05, 0.1) is 4.92 Å². The van der Waals surface area contributed by atoms with Gasteiger partial charge in [0, 0.05) is 42.6 Å². The minimum atomic E-state index is -0.347. The molecule has 0 unspecified atom stereocenters. The van der Waals surface area contributed by atoms with E-state index in [0.29, 0.717) is 6.04 Å². The van der Waals surface area contributed by atoms with E-state index in [1.54, 1.807) is 12.1 Å². The van der Waals surface area contributed by atoms with Gasteiger partial charge in [-0.15, -0.1) is 0 Å². The van der Waals surface area contributed by atoms with Crippen LogP contribution in [-0.2, 0) is 12.8 Å². The fraction of sp³-hybridized carbons (Fsp3) is 0.429. The zero-order valence-corrected chi connectivity index (χ0v) is 15.0. The molecule has 2 aromatic rings. The summed E-state index contributed by atoms with van der Waals surface area (Å²) < 4.78 is 0. The molecule has 0 amide bonds. The van der Waals surface area contributed by atoms with E-state index < -0.39 is 0 Å². The van der Waals surface area contributed by atoms with Crippen molar-refractivity contribution in [1.82, 2.24) is 0 Å². The van der Waals surface area contributed by atoms with Gasteiger partial charge in [-0.3, -0.25) is 10.1 Å². The predicted octanol–water partition coefficient (Wildman–Crippen LogP) is 4.55. The van der Waals surface area contributed by atoms with E-state index >= 15 is 0 Å². The number of benzene rings is 2. The van der Waals surface area contributed by atoms with Gasteiger partial charge >= 0.3 is 0 Å². The van der Waals surface area contributed by atoms with Crippen LogP contribution in [-0.4, -0.2) is 24.1 Å². The molecule has 0 atom stereocenters. The first-order valence-electron chi connectivity index (χ1n) is 9.57. The number of anilines is 2. The lowest BCUT2D eigenvalue weighted by Crippen LogP contribution is -2.39. The minimum absolute atomic E-state index is 0.152. The van der Waals surface area contributed by atoms with Crippen molar-refractivity contribution in [2.24, 2.45) is 0 Å². The molecular formula is C21H25N3O2. The molecule has 1 heterocycles. The van der Waals surface area contributed by atoms with E-state index in [1.807, 2.05) is 12.1 Å². The Kier molecular flexibility index (Phi) is 4.78. The highest BCUT2D eigenvalue weighted by Crippen LogP contribution is 2.30. The third kappa shape index (κ3) is 3.52. The Hall–Kier alpha value is -2.56. The molecule has 1 saturated heterocycles. The SMILES string of the molecule is O=[N+]([O-])c1ccc(N2CCC(Nc3cccc4c3CCCC4)CC2)cc1. The van der Waals surface area contributed by atoms with E-state index in [-0.39, 0.29) is 10.6 Å². The summed E-state index contributed by atoms with van der Waals surface area (Å²) >= 11 is 0. The zero-order chi connectivity index (χ0) is 17.9. The lowest BCUT2D eigenvalue weighted by molar-refractivity contribution is -0.384. The number of fused-ring (bicyclic) bond motifs is 1. The average Bonchev–Trinajstić information content (AvgIpc) is 2.69. The summed E-state index contributed by atoms with van der Waals surface area (Å²) in [6.45, 7) is 1.95. The third-order valence-corrected chi connectivity index (χ3v) is 5.68. The summed E-state index contributed by atoms with van der Waals surface area (Å²) in [5.41, 5.74) is 5.60. The van der Waals surface area contributed by atoms with Gasteiger partial charge in [-0.25, -0.2) is 0 Å². The molecule has 5 heteroatoms. The van der Waals surface area contributed by atoms with Crippen molar-refractivity contribution >= 4 is 17.1 Å². The highest BCUT2D eigenvalue weighted by atomic mass is 16.6. The zero-order valence-electron chi connectivity index (χ0n) is 15.0. The molecule has 0 spiro atoms. The summed E-state index contributed by atoms with van der Waals surface area (Å²) in [5, 5.41) is 14.6. The largest absolute Gasteiger partial charge is 0.382 e. The Balaban J connectivity index is 1.37. The van der Waals surface area contributed by atoms with Crippen LogP contribution in [0.5, 0.6) is 0 Å². The Morgan fingerprint density at radius 3 is 2.46 bits per heavy atom. The van der Waals surface area contributed by atoms with E-state index in [0.717, 1.165) is 31.6 Å². The van der Waals surface area contributed by atoms with Crippen molar-refractivity contribution in [2.75, 3.05) is 23.3 Å². The van der Waals surface area contributed by atoms with Crippen LogP contribution < -0.4 is 10.2 Å². The predicted molar refractivity (Wildman–Crippen MR) is 105 cm³/mol. The van der Waals surface area contributed by atoms with Crippen molar-refractivity contribution in [3.05, 3.63) is 63.7 Å². The van der Waals surface area contributed by atoms with E-state index in [9.17, 15) is 10.1 Å². The van der Waals surface area contributed by atoms with Crippen molar-refractivity contribution < 1.29 is 4.92 Å². The van der Waals surface area contributed by atoms with Gasteiger partial charge in [-0.1, -0.05) is 12.1 Å². The fourth-order valence-electron chi connectivity index (χ4n) is 4.20. The van der Waals surface area contributed by atoms with Gasteiger partial charge in [0.1, 0.15) is 0 Å². The molecule has 1 N–H and O–H groups in total. The second-order valence-corrected chi connectivity index (χ2v) is 7.33. The number of nitrogens with zero attached hydrogens (tertiary/aromatic N) is 2. The third-order valence-electron chi connectivity index (χ3n) is 5.68. The standard InChI is InChI=1S/C21H25N3O2/c25-24(26)19-10-8-18(9-11-19)23-14-12-17(13-15-23)22-21-7-3-5-16-4-1-2-6-20(16)21/h3,5,7-11,17,22H,1-2,4,6,12-15H2. The molecule has 1 fully saturated rings. The maximum Gasteiger partial charge on any atom is 0.269 e. The summed E-state index contributed by atoms with van der Waals surface area (Å²) in [6, 6.07) is 14.1. The quantitative estimate of drug-likeness (QED) is 0.648. The van der Waals surface area contributed by atoms with Gasteiger partial charge in [-0.2, -0.15) is 0 Å². The molecule has 0 bridgehead atoms. The summed E-state index contributed by atoms with van der Waals surface area (Å²) in [7, 11) is 0.